The summed E-state index contributed by atoms with van der Waals surface area (Å²) in [5, 5.41) is 1.23. The molecule has 0 saturated heterocycles. The van der Waals surface area contributed by atoms with Crippen LogP contribution in [0.3, 0.4) is 0 Å². The Kier molecular flexibility index (Phi) is 3.62. The SMILES string of the molecule is Cc1c(F)cccc1-c1cc(Cl)c(Cl)cc1Cl. The van der Waals surface area contributed by atoms with Gasteiger partial charge in [0.05, 0.1) is 10.0 Å². The van der Waals surface area contributed by atoms with Gasteiger partial charge in [-0.15, -0.1) is 0 Å². The average molecular weight is 290 g/mol. The third-order valence-corrected chi connectivity index (χ3v) is 3.60. The van der Waals surface area contributed by atoms with Crippen LogP contribution in [0.4, 0.5) is 4.39 Å². The molecule has 0 amide bonds. The van der Waals surface area contributed by atoms with Crippen LogP contribution in [-0.2, 0) is 0 Å². The maximum Gasteiger partial charge on any atom is 0.126 e. The summed E-state index contributed by atoms with van der Waals surface area (Å²) in [4.78, 5) is 0. The highest BCUT2D eigenvalue weighted by atomic mass is 35.5. The van der Waals surface area contributed by atoms with Gasteiger partial charge in [0.25, 0.3) is 0 Å². The molecule has 0 aliphatic heterocycles. The summed E-state index contributed by atoms with van der Waals surface area (Å²) in [6.07, 6.45) is 0. The van der Waals surface area contributed by atoms with Gasteiger partial charge in [-0.2, -0.15) is 0 Å². The molecule has 2 aromatic carbocycles. The van der Waals surface area contributed by atoms with Crippen molar-refractivity contribution in [3.8, 4) is 11.1 Å². The van der Waals surface area contributed by atoms with E-state index in [2.05, 4.69) is 0 Å². The van der Waals surface area contributed by atoms with Gasteiger partial charge >= 0.3 is 0 Å². The van der Waals surface area contributed by atoms with Crippen molar-refractivity contribution in [2.45, 2.75) is 6.92 Å². The number of hydrogen-bond donors (Lipinski definition) is 0. The summed E-state index contributed by atoms with van der Waals surface area (Å²) in [5.74, 6) is -0.273. The number of halogens is 4. The van der Waals surface area contributed by atoms with Gasteiger partial charge in [0.2, 0.25) is 0 Å². The van der Waals surface area contributed by atoms with E-state index in [1.807, 2.05) is 0 Å². The van der Waals surface area contributed by atoms with Crippen molar-refractivity contribution in [3.05, 3.63) is 56.8 Å². The fraction of sp³-hybridized carbons (Fsp3) is 0.0769. The Hall–Kier alpha value is -0.760. The van der Waals surface area contributed by atoms with Gasteiger partial charge in [0.1, 0.15) is 5.82 Å². The molecule has 0 radical (unpaired) electrons. The summed E-state index contributed by atoms with van der Waals surface area (Å²) in [7, 11) is 0. The first-order valence-electron chi connectivity index (χ1n) is 4.90. The molecule has 0 spiro atoms. The first-order valence-corrected chi connectivity index (χ1v) is 6.04. The van der Waals surface area contributed by atoms with Crippen LogP contribution in [-0.4, -0.2) is 0 Å². The summed E-state index contributed by atoms with van der Waals surface area (Å²) < 4.78 is 13.5. The van der Waals surface area contributed by atoms with Gasteiger partial charge < -0.3 is 0 Å². The Labute approximate surface area is 114 Å². The molecule has 4 heteroatoms. The molecule has 2 aromatic rings. The number of rotatable bonds is 1. The minimum Gasteiger partial charge on any atom is -0.207 e. The molecule has 17 heavy (non-hydrogen) atoms. The number of benzene rings is 2. The first-order chi connectivity index (χ1) is 8.00. The molecule has 0 aromatic heterocycles. The largest absolute Gasteiger partial charge is 0.207 e. The van der Waals surface area contributed by atoms with Gasteiger partial charge in [-0.1, -0.05) is 46.9 Å². The summed E-state index contributed by atoms with van der Waals surface area (Å²) in [6, 6.07) is 8.05. The Morgan fingerprint density at radius 3 is 2.24 bits per heavy atom. The van der Waals surface area contributed by atoms with Crippen molar-refractivity contribution < 1.29 is 4.39 Å². The van der Waals surface area contributed by atoms with E-state index in [-0.39, 0.29) is 5.82 Å². The zero-order valence-corrected chi connectivity index (χ0v) is 11.2. The van der Waals surface area contributed by atoms with Crippen molar-refractivity contribution in [1.82, 2.24) is 0 Å². The van der Waals surface area contributed by atoms with E-state index in [0.29, 0.717) is 31.8 Å². The summed E-state index contributed by atoms with van der Waals surface area (Å²) >= 11 is 17.9. The predicted molar refractivity (Wildman–Crippen MR) is 71.6 cm³/mol. The van der Waals surface area contributed by atoms with Crippen LogP contribution in [0.2, 0.25) is 15.1 Å². The Balaban J connectivity index is 2.69. The third-order valence-electron chi connectivity index (χ3n) is 2.57. The maximum atomic E-state index is 13.5. The van der Waals surface area contributed by atoms with Crippen LogP contribution in [0, 0.1) is 12.7 Å². The standard InChI is InChI=1S/C13H8Cl3F/c1-7-8(3-2-4-13(7)17)9-5-11(15)12(16)6-10(9)14/h2-6H,1H3. The minimum absolute atomic E-state index is 0.273. The topological polar surface area (TPSA) is 0 Å². The lowest BCUT2D eigenvalue weighted by Crippen LogP contribution is -1.89. The molecule has 0 unspecified atom stereocenters. The van der Waals surface area contributed by atoms with Gasteiger partial charge in [-0.05, 0) is 36.2 Å². The summed E-state index contributed by atoms with van der Waals surface area (Å²) in [5.41, 5.74) is 1.93. The third kappa shape index (κ3) is 2.42. The monoisotopic (exact) mass is 288 g/mol. The first kappa shape index (κ1) is 12.7. The summed E-state index contributed by atoms with van der Waals surface area (Å²) in [6.45, 7) is 1.70. The second-order valence-electron chi connectivity index (χ2n) is 3.66. The molecule has 0 saturated carbocycles. The van der Waals surface area contributed by atoms with Crippen molar-refractivity contribution in [2.75, 3.05) is 0 Å². The Morgan fingerprint density at radius 2 is 1.53 bits per heavy atom. The van der Waals surface area contributed by atoms with Gasteiger partial charge in [-0.25, -0.2) is 4.39 Å². The minimum atomic E-state index is -0.273. The van der Waals surface area contributed by atoms with Crippen LogP contribution in [0.5, 0.6) is 0 Å². The fourth-order valence-electron chi connectivity index (χ4n) is 1.63. The highest BCUT2D eigenvalue weighted by molar-refractivity contribution is 6.44. The van der Waals surface area contributed by atoms with Crippen molar-refractivity contribution in [2.24, 2.45) is 0 Å². The molecule has 0 bridgehead atoms. The molecule has 0 N–H and O–H groups in total. The molecule has 0 heterocycles. The zero-order chi connectivity index (χ0) is 12.6. The predicted octanol–water partition coefficient (Wildman–Crippen LogP) is 5.76. The van der Waals surface area contributed by atoms with E-state index in [9.17, 15) is 4.39 Å². The smallest absolute Gasteiger partial charge is 0.126 e. The zero-order valence-electron chi connectivity index (χ0n) is 8.90. The second kappa shape index (κ2) is 4.85. The van der Waals surface area contributed by atoms with Gasteiger partial charge in [0, 0.05) is 10.6 Å². The molecule has 0 aliphatic carbocycles. The second-order valence-corrected chi connectivity index (χ2v) is 4.88. The Morgan fingerprint density at radius 1 is 0.882 bits per heavy atom. The van der Waals surface area contributed by atoms with Crippen LogP contribution < -0.4 is 0 Å². The van der Waals surface area contributed by atoms with Gasteiger partial charge in [0.15, 0.2) is 0 Å². The highest BCUT2D eigenvalue weighted by Crippen LogP contribution is 2.36. The lowest BCUT2D eigenvalue weighted by atomic mass is 10.0. The average Bonchev–Trinajstić information content (AvgIpc) is 2.28. The van der Waals surface area contributed by atoms with E-state index in [1.54, 1.807) is 31.2 Å². The molecule has 88 valence electrons. The van der Waals surface area contributed by atoms with E-state index < -0.39 is 0 Å². The fourth-order valence-corrected chi connectivity index (χ4v) is 2.28. The molecule has 2 rings (SSSR count). The van der Waals surface area contributed by atoms with Crippen molar-refractivity contribution in [3.63, 3.8) is 0 Å². The molecular formula is C13H8Cl3F. The van der Waals surface area contributed by atoms with Crippen molar-refractivity contribution in [1.29, 1.82) is 0 Å². The van der Waals surface area contributed by atoms with E-state index in [4.69, 9.17) is 34.8 Å². The van der Waals surface area contributed by atoms with Crippen LogP contribution >= 0.6 is 34.8 Å². The lowest BCUT2D eigenvalue weighted by Gasteiger charge is -2.10. The van der Waals surface area contributed by atoms with Crippen LogP contribution in [0.25, 0.3) is 11.1 Å². The van der Waals surface area contributed by atoms with Crippen LogP contribution in [0.15, 0.2) is 30.3 Å². The molecular weight excluding hydrogens is 282 g/mol. The maximum absolute atomic E-state index is 13.5. The van der Waals surface area contributed by atoms with Crippen LogP contribution in [0.1, 0.15) is 5.56 Å². The quantitative estimate of drug-likeness (QED) is 0.585. The lowest BCUT2D eigenvalue weighted by molar-refractivity contribution is 0.619. The van der Waals surface area contributed by atoms with E-state index in [0.717, 1.165) is 0 Å². The Bertz CT molecular complexity index is 579. The van der Waals surface area contributed by atoms with E-state index >= 15 is 0 Å². The molecule has 0 atom stereocenters. The molecule has 0 nitrogen and oxygen atoms in total. The normalized spacial score (nSPS) is 10.6. The van der Waals surface area contributed by atoms with E-state index in [1.165, 1.54) is 6.07 Å². The van der Waals surface area contributed by atoms with Gasteiger partial charge in [-0.3, -0.25) is 0 Å². The highest BCUT2D eigenvalue weighted by Gasteiger charge is 2.11. The molecule has 0 fully saturated rings. The number of hydrogen-bond acceptors (Lipinski definition) is 0. The van der Waals surface area contributed by atoms with Crippen molar-refractivity contribution >= 4 is 34.8 Å². The molecule has 0 aliphatic rings.